The van der Waals surface area contributed by atoms with E-state index in [-0.39, 0.29) is 11.9 Å². The Morgan fingerprint density at radius 3 is 2.43 bits per heavy atom. The van der Waals surface area contributed by atoms with E-state index >= 15 is 0 Å². The van der Waals surface area contributed by atoms with E-state index in [1.165, 1.54) is 11.1 Å². The fourth-order valence-corrected chi connectivity index (χ4v) is 3.35. The summed E-state index contributed by atoms with van der Waals surface area (Å²) in [4.78, 5) is 14.7. The molecule has 1 atom stereocenters. The average molecular weight is 349 g/mol. The van der Waals surface area contributed by atoms with Crippen LogP contribution in [0, 0.1) is 0 Å². The number of para-hydroxylation sites is 1. The zero-order valence-electron chi connectivity index (χ0n) is 12.9. The zero-order chi connectivity index (χ0) is 16.4. The molecule has 1 aliphatic rings. The van der Waals surface area contributed by atoms with E-state index in [1.807, 2.05) is 13.0 Å². The van der Waals surface area contributed by atoms with Gasteiger partial charge in [-0.25, -0.2) is 0 Å². The van der Waals surface area contributed by atoms with Gasteiger partial charge in [-0.3, -0.25) is 9.69 Å². The molecule has 0 unspecified atom stereocenters. The summed E-state index contributed by atoms with van der Waals surface area (Å²) in [6, 6.07) is 13.3. The molecule has 0 spiro atoms. The molecule has 0 aromatic heterocycles. The molecule has 3 nitrogen and oxygen atoms in total. The Labute approximate surface area is 146 Å². The van der Waals surface area contributed by atoms with E-state index in [0.717, 1.165) is 19.5 Å². The van der Waals surface area contributed by atoms with Crippen LogP contribution in [0.2, 0.25) is 10.0 Å². The lowest BCUT2D eigenvalue weighted by molar-refractivity contribution is -0.121. The monoisotopic (exact) mass is 348 g/mol. The molecule has 1 amide bonds. The van der Waals surface area contributed by atoms with Crippen LogP contribution in [0.5, 0.6) is 0 Å². The fourth-order valence-electron chi connectivity index (χ4n) is 2.86. The Hall–Kier alpha value is -1.55. The van der Waals surface area contributed by atoms with Gasteiger partial charge in [0.25, 0.3) is 0 Å². The standard InChI is InChI=1S/C18H18Cl2N2O/c1-12(18(23)21-17-15(19)7-4-8-16(17)20)22-10-9-13-5-2-3-6-14(13)11-22/h2-8,12H,9-11H2,1H3,(H,21,23)/t12-/m0/s1. The van der Waals surface area contributed by atoms with Crippen LogP contribution in [0.4, 0.5) is 5.69 Å². The number of hydrogen-bond donors (Lipinski definition) is 1. The Morgan fingerprint density at radius 2 is 1.74 bits per heavy atom. The van der Waals surface area contributed by atoms with Crippen LogP contribution in [0.1, 0.15) is 18.1 Å². The van der Waals surface area contributed by atoms with Gasteiger partial charge in [0.2, 0.25) is 5.91 Å². The van der Waals surface area contributed by atoms with Crippen molar-refractivity contribution in [1.29, 1.82) is 0 Å². The Bertz CT molecular complexity index is 712. The summed E-state index contributed by atoms with van der Waals surface area (Å²) in [7, 11) is 0. The minimum atomic E-state index is -0.254. The first-order chi connectivity index (χ1) is 11.1. The normalized spacial score (nSPS) is 15.8. The summed E-state index contributed by atoms with van der Waals surface area (Å²) < 4.78 is 0. The van der Waals surface area contributed by atoms with Gasteiger partial charge in [-0.1, -0.05) is 53.5 Å². The van der Waals surface area contributed by atoms with Crippen molar-refractivity contribution in [2.45, 2.75) is 25.9 Å². The molecule has 0 fully saturated rings. The molecule has 120 valence electrons. The summed E-state index contributed by atoms with van der Waals surface area (Å²) >= 11 is 12.2. The van der Waals surface area contributed by atoms with Crippen molar-refractivity contribution < 1.29 is 4.79 Å². The zero-order valence-corrected chi connectivity index (χ0v) is 14.4. The highest BCUT2D eigenvalue weighted by atomic mass is 35.5. The lowest BCUT2D eigenvalue weighted by Crippen LogP contribution is -2.44. The number of hydrogen-bond acceptors (Lipinski definition) is 2. The summed E-state index contributed by atoms with van der Waals surface area (Å²) in [5.74, 6) is -0.0978. The van der Waals surface area contributed by atoms with E-state index in [0.29, 0.717) is 15.7 Å². The van der Waals surface area contributed by atoms with Crippen LogP contribution in [0.25, 0.3) is 0 Å². The van der Waals surface area contributed by atoms with Crippen molar-refractivity contribution in [3.8, 4) is 0 Å². The molecule has 5 heteroatoms. The number of carbonyl (C=O) groups excluding carboxylic acids is 1. The first kappa shape index (κ1) is 16.3. The van der Waals surface area contributed by atoms with Crippen molar-refractivity contribution >= 4 is 34.8 Å². The molecule has 0 saturated carbocycles. The predicted octanol–water partition coefficient (Wildman–Crippen LogP) is 4.38. The number of halogens is 2. The van der Waals surface area contributed by atoms with Crippen molar-refractivity contribution in [3.63, 3.8) is 0 Å². The van der Waals surface area contributed by atoms with Crippen molar-refractivity contribution in [2.75, 3.05) is 11.9 Å². The largest absolute Gasteiger partial charge is 0.322 e. The number of benzene rings is 2. The van der Waals surface area contributed by atoms with Crippen molar-refractivity contribution in [3.05, 3.63) is 63.6 Å². The molecule has 2 aromatic rings. The quantitative estimate of drug-likeness (QED) is 0.892. The molecule has 23 heavy (non-hydrogen) atoms. The van der Waals surface area contributed by atoms with Crippen LogP contribution in [0.3, 0.4) is 0 Å². The third-order valence-corrected chi connectivity index (χ3v) is 4.93. The number of amides is 1. The highest BCUT2D eigenvalue weighted by Crippen LogP contribution is 2.30. The van der Waals surface area contributed by atoms with Crippen LogP contribution < -0.4 is 5.32 Å². The van der Waals surface area contributed by atoms with Gasteiger partial charge in [0, 0.05) is 13.1 Å². The third-order valence-electron chi connectivity index (χ3n) is 4.30. The first-order valence-electron chi connectivity index (χ1n) is 7.62. The maximum absolute atomic E-state index is 12.6. The number of anilines is 1. The molecule has 0 bridgehead atoms. The summed E-state index contributed by atoms with van der Waals surface area (Å²) in [5, 5.41) is 3.75. The highest BCUT2D eigenvalue weighted by molar-refractivity contribution is 6.39. The molecule has 2 aromatic carbocycles. The molecule has 0 radical (unpaired) electrons. The van der Waals surface area contributed by atoms with E-state index in [9.17, 15) is 4.79 Å². The van der Waals surface area contributed by atoms with Crippen LogP contribution >= 0.6 is 23.2 Å². The molecular formula is C18H18Cl2N2O. The van der Waals surface area contributed by atoms with Gasteiger partial charge in [0.1, 0.15) is 0 Å². The molecular weight excluding hydrogens is 331 g/mol. The molecule has 1 N–H and O–H groups in total. The van der Waals surface area contributed by atoms with Gasteiger partial charge >= 0.3 is 0 Å². The minimum Gasteiger partial charge on any atom is -0.322 e. The number of carbonyl (C=O) groups is 1. The summed E-state index contributed by atoms with van der Waals surface area (Å²) in [6.07, 6.45) is 0.959. The van der Waals surface area contributed by atoms with Gasteiger partial charge in [-0.05, 0) is 36.6 Å². The minimum absolute atomic E-state index is 0.0978. The fraction of sp³-hybridized carbons (Fsp3) is 0.278. The SMILES string of the molecule is C[C@@H](C(=O)Nc1c(Cl)cccc1Cl)N1CCc2ccccc2C1. The van der Waals surface area contributed by atoms with Gasteiger partial charge in [0.05, 0.1) is 21.8 Å². The average Bonchev–Trinajstić information content (AvgIpc) is 2.57. The lowest BCUT2D eigenvalue weighted by Gasteiger charge is -2.33. The predicted molar refractivity (Wildman–Crippen MR) is 95.1 cm³/mol. The first-order valence-corrected chi connectivity index (χ1v) is 8.37. The lowest BCUT2D eigenvalue weighted by atomic mass is 9.99. The van der Waals surface area contributed by atoms with E-state index in [1.54, 1.807) is 18.2 Å². The Kier molecular flexibility index (Phi) is 4.90. The second-order valence-corrected chi connectivity index (χ2v) is 6.57. The summed E-state index contributed by atoms with van der Waals surface area (Å²) in [6.45, 7) is 3.55. The maximum Gasteiger partial charge on any atom is 0.241 e. The van der Waals surface area contributed by atoms with Crippen LogP contribution in [-0.4, -0.2) is 23.4 Å². The van der Waals surface area contributed by atoms with E-state index < -0.39 is 0 Å². The van der Waals surface area contributed by atoms with E-state index in [2.05, 4.69) is 28.4 Å². The smallest absolute Gasteiger partial charge is 0.241 e. The second kappa shape index (κ2) is 6.91. The van der Waals surface area contributed by atoms with Crippen LogP contribution in [0.15, 0.2) is 42.5 Å². The van der Waals surface area contributed by atoms with Gasteiger partial charge in [0.15, 0.2) is 0 Å². The topological polar surface area (TPSA) is 32.3 Å². The summed E-state index contributed by atoms with van der Waals surface area (Å²) in [5.41, 5.74) is 3.13. The molecule has 3 rings (SSSR count). The number of rotatable bonds is 3. The molecule has 0 saturated heterocycles. The third kappa shape index (κ3) is 3.52. The highest BCUT2D eigenvalue weighted by Gasteiger charge is 2.25. The number of fused-ring (bicyclic) bond motifs is 1. The van der Waals surface area contributed by atoms with Gasteiger partial charge in [-0.2, -0.15) is 0 Å². The second-order valence-electron chi connectivity index (χ2n) is 5.75. The number of nitrogens with one attached hydrogen (secondary N) is 1. The van der Waals surface area contributed by atoms with E-state index in [4.69, 9.17) is 23.2 Å². The van der Waals surface area contributed by atoms with Gasteiger partial charge in [-0.15, -0.1) is 0 Å². The van der Waals surface area contributed by atoms with Crippen LogP contribution in [-0.2, 0) is 17.8 Å². The molecule has 1 heterocycles. The maximum atomic E-state index is 12.6. The molecule has 0 aliphatic carbocycles. The Balaban J connectivity index is 1.71. The molecule has 1 aliphatic heterocycles. The Morgan fingerprint density at radius 1 is 1.09 bits per heavy atom. The van der Waals surface area contributed by atoms with Crippen molar-refractivity contribution in [2.24, 2.45) is 0 Å². The number of nitrogens with zero attached hydrogens (tertiary/aromatic N) is 1. The van der Waals surface area contributed by atoms with Gasteiger partial charge < -0.3 is 5.32 Å². The van der Waals surface area contributed by atoms with Crippen molar-refractivity contribution in [1.82, 2.24) is 4.90 Å².